The Morgan fingerprint density at radius 2 is 1.79 bits per heavy atom. The molecule has 1 fully saturated rings. The average Bonchev–Trinajstić information content (AvgIpc) is 2.81. The Balaban J connectivity index is 1.59. The van der Waals surface area contributed by atoms with E-state index in [9.17, 15) is 18.0 Å². The van der Waals surface area contributed by atoms with Crippen molar-refractivity contribution in [2.45, 2.75) is 50.5 Å². The summed E-state index contributed by atoms with van der Waals surface area (Å²) >= 11 is 0. The highest BCUT2D eigenvalue weighted by Crippen LogP contribution is 2.29. The lowest BCUT2D eigenvalue weighted by molar-refractivity contribution is -0.136. The van der Waals surface area contributed by atoms with Gasteiger partial charge in [0.25, 0.3) is 0 Å². The Morgan fingerprint density at radius 1 is 1.06 bits per heavy atom. The molecule has 0 aromatic heterocycles. The highest BCUT2D eigenvalue weighted by molar-refractivity contribution is 7.89. The fourth-order valence-electron chi connectivity index (χ4n) is 3.99. The molecular weight excluding hydrogens is 442 g/mol. The van der Waals surface area contributed by atoms with Crippen molar-refractivity contribution in [3.8, 4) is 5.75 Å². The molecule has 178 valence electrons. The molecule has 0 spiro atoms. The first kappa shape index (κ1) is 24.7. The van der Waals surface area contributed by atoms with Crippen LogP contribution in [0.25, 0.3) is 0 Å². The lowest BCUT2D eigenvalue weighted by Gasteiger charge is -2.35. The Hall–Kier alpha value is -2.91. The van der Waals surface area contributed by atoms with Crippen LogP contribution in [0.2, 0.25) is 0 Å². The fourth-order valence-corrected chi connectivity index (χ4v) is 6.02. The molecule has 0 aliphatic carbocycles. The van der Waals surface area contributed by atoms with Crippen LogP contribution in [0, 0.1) is 13.8 Å². The molecule has 0 unspecified atom stereocenters. The number of piperidine rings is 1. The summed E-state index contributed by atoms with van der Waals surface area (Å²) in [6, 6.07) is 11.8. The minimum Gasteiger partial charge on any atom is -0.497 e. The number of methoxy groups -OCH3 is 1. The van der Waals surface area contributed by atoms with Crippen molar-refractivity contribution in [2.24, 2.45) is 0 Å². The molecule has 8 nitrogen and oxygen atoms in total. The summed E-state index contributed by atoms with van der Waals surface area (Å²) in [6.07, 6.45) is 2.89. The molecule has 1 atom stereocenters. The van der Waals surface area contributed by atoms with Gasteiger partial charge in [-0.1, -0.05) is 18.6 Å². The number of rotatable bonds is 7. The third kappa shape index (κ3) is 6.11. The third-order valence-electron chi connectivity index (χ3n) is 5.82. The van der Waals surface area contributed by atoms with E-state index in [-0.39, 0.29) is 12.6 Å². The van der Waals surface area contributed by atoms with E-state index in [0.29, 0.717) is 34.9 Å². The summed E-state index contributed by atoms with van der Waals surface area (Å²) in [5.41, 5.74) is 2.09. The number of sulfonamides is 1. The summed E-state index contributed by atoms with van der Waals surface area (Å²) in [4.78, 5) is 24.7. The van der Waals surface area contributed by atoms with E-state index in [2.05, 4.69) is 10.6 Å². The van der Waals surface area contributed by atoms with Gasteiger partial charge in [-0.05, 0) is 74.6 Å². The maximum absolute atomic E-state index is 13.4. The normalized spacial score (nSPS) is 16.8. The molecule has 1 aliphatic rings. The van der Waals surface area contributed by atoms with Gasteiger partial charge in [-0.15, -0.1) is 0 Å². The van der Waals surface area contributed by atoms with E-state index in [0.717, 1.165) is 24.8 Å². The average molecular weight is 474 g/mol. The van der Waals surface area contributed by atoms with Gasteiger partial charge in [0.2, 0.25) is 10.0 Å². The molecule has 33 heavy (non-hydrogen) atoms. The quantitative estimate of drug-likeness (QED) is 0.602. The SMILES string of the molecule is COc1ccc(NC(=O)C(=O)NCC[C@H]2CCCCN2S(=O)(=O)c2cc(C)ccc2C)cc1. The van der Waals surface area contributed by atoms with Crippen LogP contribution >= 0.6 is 0 Å². The van der Waals surface area contributed by atoms with Gasteiger partial charge in [0.15, 0.2) is 0 Å². The van der Waals surface area contributed by atoms with Crippen LogP contribution in [-0.4, -0.2) is 50.8 Å². The van der Waals surface area contributed by atoms with Crippen LogP contribution in [0.15, 0.2) is 47.4 Å². The number of aryl methyl sites for hydroxylation is 2. The van der Waals surface area contributed by atoms with Gasteiger partial charge in [0, 0.05) is 24.8 Å². The van der Waals surface area contributed by atoms with Gasteiger partial charge < -0.3 is 15.4 Å². The Kier molecular flexibility index (Phi) is 8.10. The zero-order chi connectivity index (χ0) is 24.0. The van der Waals surface area contributed by atoms with Gasteiger partial charge in [0.05, 0.1) is 12.0 Å². The van der Waals surface area contributed by atoms with Crippen molar-refractivity contribution in [1.29, 1.82) is 0 Å². The van der Waals surface area contributed by atoms with Crippen LogP contribution in [0.4, 0.5) is 5.69 Å². The topological polar surface area (TPSA) is 105 Å². The first-order valence-corrected chi connectivity index (χ1v) is 12.5. The van der Waals surface area contributed by atoms with Crippen LogP contribution in [0.3, 0.4) is 0 Å². The number of nitrogens with zero attached hydrogens (tertiary/aromatic N) is 1. The number of hydrogen-bond acceptors (Lipinski definition) is 5. The lowest BCUT2D eigenvalue weighted by Crippen LogP contribution is -2.46. The third-order valence-corrected chi connectivity index (χ3v) is 7.91. The number of benzene rings is 2. The summed E-state index contributed by atoms with van der Waals surface area (Å²) in [5, 5.41) is 5.14. The largest absolute Gasteiger partial charge is 0.497 e. The van der Waals surface area contributed by atoms with Crippen LogP contribution in [-0.2, 0) is 19.6 Å². The predicted octanol–water partition coefficient (Wildman–Crippen LogP) is 3.00. The van der Waals surface area contributed by atoms with Crippen molar-refractivity contribution >= 4 is 27.5 Å². The number of amides is 2. The Morgan fingerprint density at radius 3 is 2.48 bits per heavy atom. The molecule has 2 amide bonds. The fraction of sp³-hybridized carbons (Fsp3) is 0.417. The minimum atomic E-state index is -3.65. The summed E-state index contributed by atoms with van der Waals surface area (Å²) < 4.78 is 33.4. The smallest absolute Gasteiger partial charge is 0.313 e. The van der Waals surface area contributed by atoms with Crippen molar-refractivity contribution in [2.75, 3.05) is 25.5 Å². The van der Waals surface area contributed by atoms with E-state index >= 15 is 0 Å². The van der Waals surface area contributed by atoms with Gasteiger partial charge in [0.1, 0.15) is 5.75 Å². The second kappa shape index (κ2) is 10.8. The number of carbonyl (C=O) groups excluding carboxylic acids is 2. The van der Waals surface area contributed by atoms with Crippen LogP contribution in [0.1, 0.15) is 36.8 Å². The van der Waals surface area contributed by atoms with E-state index in [1.807, 2.05) is 19.1 Å². The predicted molar refractivity (Wildman–Crippen MR) is 127 cm³/mol. The molecule has 0 radical (unpaired) electrons. The Bertz CT molecular complexity index is 1100. The Labute approximate surface area is 195 Å². The van der Waals surface area contributed by atoms with E-state index in [1.165, 1.54) is 0 Å². The van der Waals surface area contributed by atoms with Crippen molar-refractivity contribution in [3.63, 3.8) is 0 Å². The summed E-state index contributed by atoms with van der Waals surface area (Å²) in [7, 11) is -2.10. The highest BCUT2D eigenvalue weighted by Gasteiger charge is 2.34. The number of nitrogens with one attached hydrogen (secondary N) is 2. The highest BCUT2D eigenvalue weighted by atomic mass is 32.2. The maximum Gasteiger partial charge on any atom is 0.313 e. The first-order valence-electron chi connectivity index (χ1n) is 11.0. The molecule has 1 saturated heterocycles. The van der Waals surface area contributed by atoms with Crippen molar-refractivity contribution < 1.29 is 22.7 Å². The number of anilines is 1. The van der Waals surface area contributed by atoms with Gasteiger partial charge in [-0.25, -0.2) is 8.42 Å². The zero-order valence-corrected chi connectivity index (χ0v) is 20.1. The molecule has 9 heteroatoms. The molecule has 0 saturated carbocycles. The van der Waals surface area contributed by atoms with Gasteiger partial charge in [-0.2, -0.15) is 4.31 Å². The minimum absolute atomic E-state index is 0.207. The molecule has 2 N–H and O–H groups in total. The molecule has 2 aromatic carbocycles. The molecule has 1 heterocycles. The van der Waals surface area contributed by atoms with Crippen molar-refractivity contribution in [1.82, 2.24) is 9.62 Å². The zero-order valence-electron chi connectivity index (χ0n) is 19.3. The molecule has 0 bridgehead atoms. The van der Waals surface area contributed by atoms with Crippen LogP contribution < -0.4 is 15.4 Å². The summed E-state index contributed by atoms with van der Waals surface area (Å²) in [6.45, 7) is 4.33. The molecule has 2 aromatic rings. The first-order chi connectivity index (χ1) is 15.7. The number of ether oxygens (including phenoxy) is 1. The summed E-state index contributed by atoms with van der Waals surface area (Å²) in [5.74, 6) is -0.889. The second-order valence-electron chi connectivity index (χ2n) is 8.26. The second-order valence-corrected chi connectivity index (χ2v) is 10.1. The van der Waals surface area contributed by atoms with Gasteiger partial charge >= 0.3 is 11.8 Å². The number of carbonyl (C=O) groups is 2. The monoisotopic (exact) mass is 473 g/mol. The van der Waals surface area contributed by atoms with Crippen molar-refractivity contribution in [3.05, 3.63) is 53.6 Å². The van der Waals surface area contributed by atoms with E-state index in [4.69, 9.17) is 4.74 Å². The van der Waals surface area contributed by atoms with Crippen LogP contribution in [0.5, 0.6) is 5.75 Å². The number of hydrogen-bond donors (Lipinski definition) is 2. The molecular formula is C24H31N3O5S. The maximum atomic E-state index is 13.4. The standard InChI is InChI=1S/C24H31N3O5S/c1-17-7-8-18(2)22(16-17)33(30,31)27-15-5-4-6-20(27)13-14-25-23(28)24(29)26-19-9-11-21(32-3)12-10-19/h7-12,16,20H,4-6,13-15H2,1-3H3,(H,25,28)(H,26,29)/t20-/m1/s1. The molecule has 1 aliphatic heterocycles. The van der Waals surface area contributed by atoms with E-state index < -0.39 is 21.8 Å². The lowest BCUT2D eigenvalue weighted by atomic mass is 10.0. The molecule has 3 rings (SSSR count). The van der Waals surface area contributed by atoms with E-state index in [1.54, 1.807) is 48.7 Å². The van der Waals surface area contributed by atoms with Gasteiger partial charge in [-0.3, -0.25) is 9.59 Å².